The van der Waals surface area contributed by atoms with E-state index in [0.29, 0.717) is 24.2 Å². The molecule has 1 N–H and O–H groups in total. The van der Waals surface area contributed by atoms with E-state index in [4.69, 9.17) is 0 Å². The van der Waals surface area contributed by atoms with Gasteiger partial charge < -0.3 is 14.4 Å². The molecule has 1 aliphatic rings. The van der Waals surface area contributed by atoms with Crippen molar-refractivity contribution in [2.45, 2.75) is 24.5 Å². The average Bonchev–Trinajstić information content (AvgIpc) is 3.15. The number of nitrogens with zero attached hydrogens (tertiary/aromatic N) is 1. The lowest BCUT2D eigenvalue weighted by Crippen LogP contribution is -2.26. The molecule has 1 aliphatic heterocycles. The molecule has 0 saturated heterocycles. The Bertz CT molecular complexity index is 1140. The molecule has 7 nitrogen and oxygen atoms in total. The van der Waals surface area contributed by atoms with Crippen molar-refractivity contribution in [3.63, 3.8) is 0 Å². The third-order valence-corrected chi connectivity index (χ3v) is 6.04. The molecule has 1 heterocycles. The van der Waals surface area contributed by atoms with E-state index in [9.17, 15) is 30.8 Å². The normalized spacial score (nSPS) is 13.8. The Kier molecular flexibility index (Phi) is 7.04. The van der Waals surface area contributed by atoms with Gasteiger partial charge in [0.25, 0.3) is 5.91 Å². The molecule has 0 spiro atoms. The van der Waals surface area contributed by atoms with Gasteiger partial charge in [-0.2, -0.15) is 17.6 Å². The number of rotatable bonds is 8. The molecule has 2 aromatic carbocycles. The van der Waals surface area contributed by atoms with Crippen LogP contribution in [0.4, 0.5) is 23.2 Å². The molecule has 2 aromatic rings. The zero-order chi connectivity index (χ0) is 23.5. The molecule has 0 radical (unpaired) electrons. The summed E-state index contributed by atoms with van der Waals surface area (Å²) in [7, 11) is -2.34. The van der Waals surface area contributed by atoms with Crippen LogP contribution in [0.1, 0.15) is 11.1 Å². The van der Waals surface area contributed by atoms with Crippen molar-refractivity contribution in [1.82, 2.24) is 4.72 Å². The molecule has 3 rings (SSSR count). The van der Waals surface area contributed by atoms with E-state index < -0.39 is 34.9 Å². The smallest absolute Gasteiger partial charge is 0.387 e. The summed E-state index contributed by atoms with van der Waals surface area (Å²) >= 11 is 0. The van der Waals surface area contributed by atoms with Gasteiger partial charge in [0, 0.05) is 29.9 Å². The van der Waals surface area contributed by atoms with Gasteiger partial charge in [-0.05, 0) is 55.4 Å². The van der Waals surface area contributed by atoms with Gasteiger partial charge in [0.2, 0.25) is 10.0 Å². The van der Waals surface area contributed by atoms with Crippen molar-refractivity contribution in [3.05, 3.63) is 53.6 Å². The van der Waals surface area contributed by atoms with E-state index in [2.05, 4.69) is 14.2 Å². The summed E-state index contributed by atoms with van der Waals surface area (Å²) < 4.78 is 84.7. The van der Waals surface area contributed by atoms with Crippen molar-refractivity contribution >= 4 is 27.7 Å². The first kappa shape index (κ1) is 23.5. The standard InChI is InChI=1S/C20H18F4N2O5S/c1-25-32(28,29)15-5-6-16-13(10-15)8-9-26(16)18(27)7-3-12-2-4-14(30-19(21)22)11-17(12)31-20(23)24/h2-7,10-11,19-20,25H,8-9H2,1H3/b7-3+. The number of hydrogen-bond donors (Lipinski definition) is 1. The molecule has 0 unspecified atom stereocenters. The third kappa shape index (κ3) is 5.37. The van der Waals surface area contributed by atoms with Crippen LogP contribution in [0.5, 0.6) is 11.5 Å². The summed E-state index contributed by atoms with van der Waals surface area (Å²) in [4.78, 5) is 14.1. The topological polar surface area (TPSA) is 84.9 Å². The number of ether oxygens (including phenoxy) is 2. The maximum absolute atomic E-state index is 12.7. The van der Waals surface area contributed by atoms with E-state index in [0.717, 1.165) is 18.2 Å². The van der Waals surface area contributed by atoms with Crippen molar-refractivity contribution in [3.8, 4) is 11.5 Å². The Morgan fingerprint density at radius 1 is 1.09 bits per heavy atom. The summed E-state index contributed by atoms with van der Waals surface area (Å²) in [6.07, 6.45) is 2.76. The number of carbonyl (C=O) groups excluding carboxylic acids is 1. The second kappa shape index (κ2) is 9.57. The van der Waals surface area contributed by atoms with Crippen LogP contribution < -0.4 is 19.1 Å². The number of benzene rings is 2. The molecule has 0 bridgehead atoms. The van der Waals surface area contributed by atoms with Crippen molar-refractivity contribution in [2.75, 3.05) is 18.5 Å². The van der Waals surface area contributed by atoms with Crippen LogP contribution >= 0.6 is 0 Å². The van der Waals surface area contributed by atoms with Gasteiger partial charge in [-0.25, -0.2) is 13.1 Å². The fraction of sp³-hybridized carbons (Fsp3) is 0.250. The Labute approximate surface area is 181 Å². The van der Waals surface area contributed by atoms with Gasteiger partial charge in [-0.3, -0.25) is 4.79 Å². The van der Waals surface area contributed by atoms with E-state index >= 15 is 0 Å². The molecular weight excluding hydrogens is 456 g/mol. The van der Waals surface area contributed by atoms with Crippen LogP contribution in [-0.2, 0) is 21.2 Å². The number of fused-ring (bicyclic) bond motifs is 1. The van der Waals surface area contributed by atoms with Gasteiger partial charge >= 0.3 is 13.2 Å². The fourth-order valence-corrected chi connectivity index (χ4v) is 3.95. The van der Waals surface area contributed by atoms with Crippen LogP contribution in [-0.4, -0.2) is 41.1 Å². The predicted octanol–water partition coefficient (Wildman–Crippen LogP) is 3.40. The first-order valence-electron chi connectivity index (χ1n) is 9.20. The Morgan fingerprint density at radius 2 is 1.81 bits per heavy atom. The molecule has 12 heteroatoms. The van der Waals surface area contributed by atoms with E-state index in [1.807, 2.05) is 0 Å². The summed E-state index contributed by atoms with van der Waals surface area (Å²) in [6, 6.07) is 7.57. The minimum atomic E-state index is -3.63. The van der Waals surface area contributed by atoms with Gasteiger partial charge in [0.15, 0.2) is 0 Å². The number of sulfonamides is 1. The molecular formula is C20H18F4N2O5S. The Balaban J connectivity index is 1.82. The zero-order valence-electron chi connectivity index (χ0n) is 16.6. The lowest BCUT2D eigenvalue weighted by Gasteiger charge is -2.16. The van der Waals surface area contributed by atoms with Crippen LogP contribution in [0.15, 0.2) is 47.4 Å². The van der Waals surface area contributed by atoms with Crippen molar-refractivity contribution in [2.24, 2.45) is 0 Å². The first-order chi connectivity index (χ1) is 15.1. The second-order valence-electron chi connectivity index (χ2n) is 6.53. The molecule has 32 heavy (non-hydrogen) atoms. The van der Waals surface area contributed by atoms with Crippen LogP contribution in [0, 0.1) is 0 Å². The number of halogens is 4. The van der Waals surface area contributed by atoms with Crippen LogP contribution in [0.2, 0.25) is 0 Å². The maximum atomic E-state index is 12.7. The van der Waals surface area contributed by atoms with Gasteiger partial charge in [0.05, 0.1) is 4.90 Å². The van der Waals surface area contributed by atoms with Crippen molar-refractivity contribution < 1.29 is 40.2 Å². The second-order valence-corrected chi connectivity index (χ2v) is 8.41. The summed E-state index contributed by atoms with van der Waals surface area (Å²) in [6.45, 7) is -6.06. The Hall–Kier alpha value is -3.12. The zero-order valence-corrected chi connectivity index (χ0v) is 17.4. The van der Waals surface area contributed by atoms with Crippen LogP contribution in [0.25, 0.3) is 6.08 Å². The quantitative estimate of drug-likeness (QED) is 0.468. The largest absolute Gasteiger partial charge is 0.435 e. The molecule has 0 aliphatic carbocycles. The number of carbonyl (C=O) groups is 1. The molecule has 0 fully saturated rings. The minimum Gasteiger partial charge on any atom is -0.435 e. The molecule has 0 atom stereocenters. The molecule has 172 valence electrons. The van der Waals surface area contributed by atoms with Crippen LogP contribution in [0.3, 0.4) is 0 Å². The van der Waals surface area contributed by atoms with Gasteiger partial charge in [-0.15, -0.1) is 0 Å². The van der Waals surface area contributed by atoms with Crippen molar-refractivity contribution in [1.29, 1.82) is 0 Å². The third-order valence-electron chi connectivity index (χ3n) is 4.62. The monoisotopic (exact) mass is 474 g/mol. The minimum absolute atomic E-state index is 0.0511. The molecule has 1 amide bonds. The summed E-state index contributed by atoms with van der Waals surface area (Å²) in [5.74, 6) is -1.30. The molecule has 0 aromatic heterocycles. The molecule has 0 saturated carbocycles. The fourth-order valence-electron chi connectivity index (χ4n) is 3.17. The van der Waals surface area contributed by atoms with Gasteiger partial charge in [-0.1, -0.05) is 0 Å². The number of hydrogen-bond acceptors (Lipinski definition) is 5. The number of alkyl halides is 4. The number of nitrogens with one attached hydrogen (secondary N) is 1. The van der Waals surface area contributed by atoms with Gasteiger partial charge in [0.1, 0.15) is 11.5 Å². The highest BCUT2D eigenvalue weighted by molar-refractivity contribution is 7.89. The summed E-state index contributed by atoms with van der Waals surface area (Å²) in [5.41, 5.74) is 1.24. The SMILES string of the molecule is CNS(=O)(=O)c1ccc2c(c1)CCN2C(=O)/C=C/c1ccc(OC(F)F)cc1OC(F)F. The highest BCUT2D eigenvalue weighted by atomic mass is 32.2. The summed E-state index contributed by atoms with van der Waals surface area (Å²) in [5, 5.41) is 0. The average molecular weight is 474 g/mol. The van der Waals surface area contributed by atoms with E-state index in [1.165, 1.54) is 42.3 Å². The highest BCUT2D eigenvalue weighted by Crippen LogP contribution is 2.31. The predicted molar refractivity (Wildman–Crippen MR) is 107 cm³/mol. The van der Waals surface area contributed by atoms with E-state index in [1.54, 1.807) is 0 Å². The lowest BCUT2D eigenvalue weighted by atomic mass is 10.1. The highest BCUT2D eigenvalue weighted by Gasteiger charge is 2.25. The Morgan fingerprint density at radius 3 is 2.47 bits per heavy atom. The number of amides is 1. The lowest BCUT2D eigenvalue weighted by molar-refractivity contribution is -0.114. The van der Waals surface area contributed by atoms with E-state index in [-0.39, 0.29) is 16.2 Å². The maximum Gasteiger partial charge on any atom is 0.387 e. The first-order valence-corrected chi connectivity index (χ1v) is 10.7. The number of anilines is 1.